The average Bonchev–Trinajstić information content (AvgIpc) is 2.96. The molecule has 22 heavy (non-hydrogen) atoms. The molecule has 2 amide bonds. The summed E-state index contributed by atoms with van der Waals surface area (Å²) in [5, 5.41) is 2.82. The normalized spacial score (nSPS) is 19.8. The fraction of sp³-hybridized carbons (Fsp3) is 0.556. The minimum Gasteiger partial charge on any atom is -0.344 e. The van der Waals surface area contributed by atoms with E-state index in [4.69, 9.17) is 0 Å². The monoisotopic (exact) mass is 302 g/mol. The van der Waals surface area contributed by atoms with Crippen molar-refractivity contribution in [2.24, 2.45) is 5.41 Å². The van der Waals surface area contributed by atoms with E-state index in [1.54, 1.807) is 6.92 Å². The minimum atomic E-state index is -0.480. The van der Waals surface area contributed by atoms with E-state index in [1.165, 1.54) is 5.56 Å². The molecule has 2 unspecified atom stereocenters. The van der Waals surface area contributed by atoms with Gasteiger partial charge in [-0.1, -0.05) is 51.1 Å². The second kappa shape index (κ2) is 6.51. The van der Waals surface area contributed by atoms with Crippen LogP contribution in [0.25, 0.3) is 0 Å². The molecule has 1 aliphatic heterocycles. The highest BCUT2D eigenvalue weighted by molar-refractivity contribution is 5.89. The summed E-state index contributed by atoms with van der Waals surface area (Å²) >= 11 is 0. The topological polar surface area (TPSA) is 49.4 Å². The van der Waals surface area contributed by atoms with Crippen LogP contribution in [0.5, 0.6) is 0 Å². The summed E-state index contributed by atoms with van der Waals surface area (Å²) in [6, 6.07) is 9.83. The molecule has 1 heterocycles. The van der Waals surface area contributed by atoms with Crippen molar-refractivity contribution in [2.45, 2.75) is 46.1 Å². The number of hydrogen-bond donors (Lipinski definition) is 1. The van der Waals surface area contributed by atoms with E-state index in [2.05, 4.69) is 17.4 Å². The lowest BCUT2D eigenvalue weighted by atomic mass is 9.95. The number of nitrogens with one attached hydrogen (secondary N) is 1. The molecule has 1 fully saturated rings. The van der Waals surface area contributed by atoms with Crippen LogP contribution in [0, 0.1) is 5.41 Å². The number of benzene rings is 1. The van der Waals surface area contributed by atoms with Gasteiger partial charge in [0, 0.05) is 24.4 Å². The molecular weight excluding hydrogens is 276 g/mol. The zero-order valence-corrected chi connectivity index (χ0v) is 13.9. The maximum Gasteiger partial charge on any atom is 0.244 e. The molecule has 1 saturated heterocycles. The Labute approximate surface area is 132 Å². The van der Waals surface area contributed by atoms with Crippen molar-refractivity contribution in [2.75, 3.05) is 13.1 Å². The lowest BCUT2D eigenvalue weighted by Crippen LogP contribution is -2.49. The fourth-order valence-corrected chi connectivity index (χ4v) is 2.71. The summed E-state index contributed by atoms with van der Waals surface area (Å²) in [5.74, 6) is 0.318. The molecule has 0 radical (unpaired) electrons. The molecule has 1 aromatic carbocycles. The number of rotatable bonds is 3. The summed E-state index contributed by atoms with van der Waals surface area (Å²) in [6.07, 6.45) is 0.982. The Morgan fingerprint density at radius 2 is 1.86 bits per heavy atom. The minimum absolute atomic E-state index is 0.0102. The Bertz CT molecular complexity index is 534. The van der Waals surface area contributed by atoms with Crippen LogP contribution in [-0.4, -0.2) is 35.8 Å². The van der Waals surface area contributed by atoms with Crippen LogP contribution in [0.15, 0.2) is 30.3 Å². The molecule has 0 aromatic heterocycles. The van der Waals surface area contributed by atoms with Crippen LogP contribution in [0.1, 0.15) is 45.6 Å². The van der Waals surface area contributed by atoms with Gasteiger partial charge in [0.05, 0.1) is 0 Å². The van der Waals surface area contributed by atoms with Gasteiger partial charge in [0.25, 0.3) is 0 Å². The van der Waals surface area contributed by atoms with Gasteiger partial charge < -0.3 is 10.2 Å². The molecule has 1 aromatic rings. The van der Waals surface area contributed by atoms with Gasteiger partial charge in [-0.2, -0.15) is 0 Å². The first-order chi connectivity index (χ1) is 10.3. The van der Waals surface area contributed by atoms with Gasteiger partial charge in [0.2, 0.25) is 11.8 Å². The molecule has 4 nitrogen and oxygen atoms in total. The Hall–Kier alpha value is -1.84. The summed E-state index contributed by atoms with van der Waals surface area (Å²) in [6.45, 7) is 8.80. The molecule has 0 bridgehead atoms. The standard InChI is InChI=1S/C18H26N2O2/c1-13(19-17(22)18(2,3)4)16(21)20-11-10-15(12-20)14-8-6-5-7-9-14/h5-9,13,15H,10-12H2,1-4H3,(H,19,22). The molecule has 120 valence electrons. The quantitative estimate of drug-likeness (QED) is 0.933. The van der Waals surface area contributed by atoms with Crippen LogP contribution >= 0.6 is 0 Å². The van der Waals surface area contributed by atoms with E-state index in [0.717, 1.165) is 19.5 Å². The van der Waals surface area contributed by atoms with Gasteiger partial charge in [0.15, 0.2) is 0 Å². The van der Waals surface area contributed by atoms with Crippen molar-refractivity contribution in [1.82, 2.24) is 10.2 Å². The SMILES string of the molecule is CC(NC(=O)C(C)(C)C)C(=O)N1CCC(c2ccccc2)C1. The van der Waals surface area contributed by atoms with Crippen molar-refractivity contribution < 1.29 is 9.59 Å². The smallest absolute Gasteiger partial charge is 0.244 e. The molecule has 4 heteroatoms. The second-order valence-corrected chi connectivity index (χ2v) is 7.13. The molecule has 0 spiro atoms. The van der Waals surface area contributed by atoms with Gasteiger partial charge in [-0.15, -0.1) is 0 Å². The zero-order valence-electron chi connectivity index (χ0n) is 13.9. The van der Waals surface area contributed by atoms with Gasteiger partial charge in [-0.3, -0.25) is 9.59 Å². The Morgan fingerprint density at radius 3 is 2.45 bits per heavy atom. The molecule has 2 rings (SSSR count). The van der Waals surface area contributed by atoms with Gasteiger partial charge in [-0.25, -0.2) is 0 Å². The molecule has 0 aliphatic carbocycles. The predicted molar refractivity (Wildman–Crippen MR) is 87.4 cm³/mol. The maximum atomic E-state index is 12.5. The Kier molecular flexibility index (Phi) is 4.89. The summed E-state index contributed by atoms with van der Waals surface area (Å²) in [4.78, 5) is 26.4. The zero-order chi connectivity index (χ0) is 16.3. The van der Waals surface area contributed by atoms with E-state index in [9.17, 15) is 9.59 Å². The first kappa shape index (κ1) is 16.5. The number of carbonyl (C=O) groups is 2. The Balaban J connectivity index is 1.93. The number of nitrogens with zero attached hydrogens (tertiary/aromatic N) is 1. The van der Waals surface area contributed by atoms with Crippen molar-refractivity contribution in [3.63, 3.8) is 0 Å². The molecular formula is C18H26N2O2. The van der Waals surface area contributed by atoms with E-state index in [1.807, 2.05) is 43.9 Å². The van der Waals surface area contributed by atoms with Crippen LogP contribution in [-0.2, 0) is 9.59 Å². The van der Waals surface area contributed by atoms with Crippen LogP contribution in [0.2, 0.25) is 0 Å². The lowest BCUT2D eigenvalue weighted by molar-refractivity contribution is -0.137. The molecule has 1 aliphatic rings. The van der Waals surface area contributed by atoms with Crippen LogP contribution in [0.3, 0.4) is 0 Å². The first-order valence-electron chi connectivity index (χ1n) is 7.93. The number of hydrogen-bond acceptors (Lipinski definition) is 2. The summed E-state index contributed by atoms with van der Waals surface area (Å²) in [7, 11) is 0. The Morgan fingerprint density at radius 1 is 1.23 bits per heavy atom. The van der Waals surface area contributed by atoms with Gasteiger partial charge in [0.1, 0.15) is 6.04 Å². The number of likely N-dealkylation sites (tertiary alicyclic amines) is 1. The van der Waals surface area contributed by atoms with Crippen molar-refractivity contribution in [3.8, 4) is 0 Å². The summed E-state index contributed by atoms with van der Waals surface area (Å²) in [5.41, 5.74) is 0.802. The largest absolute Gasteiger partial charge is 0.344 e. The van der Waals surface area contributed by atoms with Crippen molar-refractivity contribution in [1.29, 1.82) is 0 Å². The van der Waals surface area contributed by atoms with E-state index >= 15 is 0 Å². The lowest BCUT2D eigenvalue weighted by Gasteiger charge is -2.25. The first-order valence-corrected chi connectivity index (χ1v) is 7.93. The third-order valence-electron chi connectivity index (χ3n) is 4.17. The summed E-state index contributed by atoms with van der Waals surface area (Å²) < 4.78 is 0. The van der Waals surface area contributed by atoms with Crippen LogP contribution in [0.4, 0.5) is 0 Å². The molecule has 0 saturated carbocycles. The second-order valence-electron chi connectivity index (χ2n) is 7.13. The van der Waals surface area contributed by atoms with E-state index < -0.39 is 11.5 Å². The molecule has 2 atom stereocenters. The fourth-order valence-electron chi connectivity index (χ4n) is 2.71. The van der Waals surface area contributed by atoms with E-state index in [0.29, 0.717) is 5.92 Å². The maximum absolute atomic E-state index is 12.5. The van der Waals surface area contributed by atoms with E-state index in [-0.39, 0.29) is 11.8 Å². The third-order valence-corrected chi connectivity index (χ3v) is 4.17. The van der Waals surface area contributed by atoms with Gasteiger partial charge in [-0.05, 0) is 18.9 Å². The highest BCUT2D eigenvalue weighted by Gasteiger charge is 2.31. The van der Waals surface area contributed by atoms with Crippen LogP contribution < -0.4 is 5.32 Å². The van der Waals surface area contributed by atoms with Gasteiger partial charge >= 0.3 is 0 Å². The predicted octanol–water partition coefficient (Wildman–Crippen LogP) is 2.55. The highest BCUT2D eigenvalue weighted by Crippen LogP contribution is 2.27. The number of carbonyl (C=O) groups excluding carboxylic acids is 2. The number of amides is 2. The third kappa shape index (κ3) is 3.87. The highest BCUT2D eigenvalue weighted by atomic mass is 16.2. The van der Waals surface area contributed by atoms with Crippen molar-refractivity contribution in [3.05, 3.63) is 35.9 Å². The molecule has 1 N–H and O–H groups in total. The van der Waals surface area contributed by atoms with Crippen molar-refractivity contribution >= 4 is 11.8 Å². The average molecular weight is 302 g/mol.